The highest BCUT2D eigenvalue weighted by molar-refractivity contribution is 7.00. The van der Waals surface area contributed by atoms with E-state index in [1.165, 1.54) is 117 Å². The number of nitrogens with zero attached hydrogens (tertiary/aromatic N) is 4. The average Bonchev–Trinajstić information content (AvgIpc) is 3.02. The third kappa shape index (κ3) is 4.15. The van der Waals surface area contributed by atoms with Crippen LogP contribution < -0.4 is 16.4 Å². The summed E-state index contributed by atoms with van der Waals surface area (Å²) in [6, 6.07) is 22.0. The molecule has 0 fully saturated rings. The molecule has 5 aromatic carbocycles. The van der Waals surface area contributed by atoms with Gasteiger partial charge in [0.25, 0.3) is 6.71 Å². The Morgan fingerprint density at radius 3 is 1.16 bits per heavy atom. The summed E-state index contributed by atoms with van der Waals surface area (Å²) < 4.78 is 9.93. The lowest BCUT2D eigenvalue weighted by Gasteiger charge is -2.44. The first-order valence-electron chi connectivity index (χ1n) is 18.7. The van der Waals surface area contributed by atoms with Gasteiger partial charge in [-0.3, -0.25) is 18.7 Å². The van der Waals surface area contributed by atoms with Crippen LogP contribution in [0.5, 0.6) is 0 Å². The van der Waals surface area contributed by atoms with Crippen molar-refractivity contribution in [2.45, 2.75) is 93.9 Å². The lowest BCUT2D eigenvalue weighted by molar-refractivity contribution is 0.587. The molecule has 0 aliphatic carbocycles. The number of aryl methyl sites for hydroxylation is 8. The van der Waals surface area contributed by atoms with Crippen LogP contribution in [0, 0.1) is 41.5 Å². The van der Waals surface area contributed by atoms with E-state index >= 15 is 0 Å². The molecule has 0 saturated carbocycles. The molecule has 0 unspecified atom stereocenters. The highest BCUT2D eigenvalue weighted by Crippen LogP contribution is 2.46. The van der Waals surface area contributed by atoms with Gasteiger partial charge >= 0.3 is 0 Å². The standard InChI is InChI=1S/C46H51BN4/c1-24-15-26(3)38(27(4)16-24)32-23-33(39-28(5)17-25(2)18-29(39)6)42-40-41(32)50-43-34(19-30(45(7,8)9)21-36(43)48(50)13)47(40)35-20-31(46(10,11)12)22-37-44(35)51(42)49(37)14/h15-23H,1-14H3. The zero-order valence-electron chi connectivity index (χ0n) is 33.1. The van der Waals surface area contributed by atoms with Crippen molar-refractivity contribution >= 4 is 45.2 Å². The summed E-state index contributed by atoms with van der Waals surface area (Å²) in [4.78, 5) is 0. The number of aromatic nitrogens is 4. The van der Waals surface area contributed by atoms with E-state index in [0.29, 0.717) is 0 Å². The minimum absolute atomic E-state index is 0.0222. The lowest BCUT2D eigenvalue weighted by atomic mass is 9.33. The van der Waals surface area contributed by atoms with Crippen molar-refractivity contribution in [3.05, 3.63) is 99.1 Å². The van der Waals surface area contributed by atoms with Gasteiger partial charge in [-0.2, -0.15) is 0 Å². The zero-order chi connectivity index (χ0) is 36.4. The number of benzene rings is 5. The molecule has 2 aliphatic heterocycles. The van der Waals surface area contributed by atoms with Crippen LogP contribution >= 0.6 is 0 Å². The molecule has 0 radical (unpaired) electrons. The van der Waals surface area contributed by atoms with Gasteiger partial charge in [0.2, 0.25) is 0 Å². The van der Waals surface area contributed by atoms with E-state index in [1.807, 2.05) is 0 Å². The second-order valence-electron chi connectivity index (χ2n) is 18.1. The summed E-state index contributed by atoms with van der Waals surface area (Å²) in [5, 5.41) is 0. The maximum Gasteiger partial charge on any atom is 0.252 e. The third-order valence-electron chi connectivity index (χ3n) is 12.2. The van der Waals surface area contributed by atoms with Crippen LogP contribution in [0.1, 0.15) is 86.1 Å². The van der Waals surface area contributed by atoms with E-state index in [1.54, 1.807) is 0 Å². The van der Waals surface area contributed by atoms with Crippen molar-refractivity contribution in [3.63, 3.8) is 0 Å². The normalized spacial score (nSPS) is 13.6. The fourth-order valence-electron chi connectivity index (χ4n) is 9.98. The van der Waals surface area contributed by atoms with Gasteiger partial charge in [-0.1, -0.05) is 89.1 Å². The van der Waals surface area contributed by atoms with E-state index in [0.717, 1.165) is 0 Å². The van der Waals surface area contributed by atoms with Gasteiger partial charge in [0, 0.05) is 25.2 Å². The summed E-state index contributed by atoms with van der Waals surface area (Å²) >= 11 is 0. The lowest BCUT2D eigenvalue weighted by Crippen LogP contribution is -2.63. The fourth-order valence-corrected chi connectivity index (χ4v) is 9.98. The van der Waals surface area contributed by atoms with Crippen molar-refractivity contribution in [1.29, 1.82) is 0 Å². The number of rotatable bonds is 2. The molecule has 0 atom stereocenters. The molecule has 4 nitrogen and oxygen atoms in total. The Balaban J connectivity index is 1.55. The van der Waals surface area contributed by atoms with Crippen LogP contribution in [-0.2, 0) is 24.9 Å². The largest absolute Gasteiger partial charge is 0.282 e. The van der Waals surface area contributed by atoms with E-state index in [-0.39, 0.29) is 17.5 Å². The minimum Gasteiger partial charge on any atom is -0.282 e. The Labute approximate surface area is 303 Å². The van der Waals surface area contributed by atoms with Gasteiger partial charge in [0.05, 0.1) is 33.4 Å². The maximum absolute atomic E-state index is 2.56. The first kappa shape index (κ1) is 32.3. The maximum atomic E-state index is 2.56. The Morgan fingerprint density at radius 2 is 0.824 bits per heavy atom. The molecule has 4 heterocycles. The first-order chi connectivity index (χ1) is 23.9. The number of hydrogen-bond donors (Lipinski definition) is 0. The molecule has 51 heavy (non-hydrogen) atoms. The summed E-state index contributed by atoms with van der Waals surface area (Å²) in [7, 11) is 4.52. The van der Waals surface area contributed by atoms with Crippen LogP contribution in [0.2, 0.25) is 0 Å². The van der Waals surface area contributed by atoms with Crippen LogP contribution in [0.25, 0.3) is 55.7 Å². The topological polar surface area (TPSA) is 19.7 Å². The molecule has 2 aliphatic rings. The summed E-state index contributed by atoms with van der Waals surface area (Å²) in [5.74, 6) is 0. The number of hydrogen-bond acceptors (Lipinski definition) is 0. The quantitative estimate of drug-likeness (QED) is 0.164. The van der Waals surface area contributed by atoms with Gasteiger partial charge in [-0.15, -0.1) is 0 Å². The highest BCUT2D eigenvalue weighted by Gasteiger charge is 2.46. The Morgan fingerprint density at radius 1 is 0.471 bits per heavy atom. The summed E-state index contributed by atoms with van der Waals surface area (Å²) in [5.41, 5.74) is 28.5. The van der Waals surface area contributed by atoms with E-state index < -0.39 is 0 Å². The molecule has 0 bridgehead atoms. The second kappa shape index (κ2) is 10.0. The molecule has 2 aromatic heterocycles. The van der Waals surface area contributed by atoms with E-state index in [2.05, 4.69) is 171 Å². The van der Waals surface area contributed by atoms with Crippen LogP contribution in [0.3, 0.4) is 0 Å². The van der Waals surface area contributed by atoms with Crippen molar-refractivity contribution in [2.24, 2.45) is 14.1 Å². The fraction of sp³-hybridized carbons (Fsp3) is 0.348. The molecule has 0 N–H and O–H groups in total. The van der Waals surface area contributed by atoms with Crippen molar-refractivity contribution in [2.75, 3.05) is 0 Å². The second-order valence-corrected chi connectivity index (χ2v) is 18.1. The molecule has 5 heteroatoms. The van der Waals surface area contributed by atoms with Crippen molar-refractivity contribution < 1.29 is 0 Å². The molecule has 0 amide bonds. The minimum atomic E-state index is 0.0222. The Kier molecular flexibility index (Phi) is 6.35. The SMILES string of the molecule is Cc1cc(C)c(-c2cc(-c3c(C)cc(C)cc3C)c3c4c2-n2c5c(cc(C(C)(C)C)cc5n2C)B4c2cc(C(C)(C)C)cc4c2n-3n4C)c(C)c1. The molecule has 258 valence electrons. The van der Waals surface area contributed by atoms with Gasteiger partial charge in [0.15, 0.2) is 0 Å². The first-order valence-corrected chi connectivity index (χ1v) is 18.7. The van der Waals surface area contributed by atoms with Crippen LogP contribution in [-0.4, -0.2) is 25.4 Å². The molecule has 7 aromatic rings. The molecule has 9 rings (SSSR count). The van der Waals surface area contributed by atoms with Gasteiger partial charge in [-0.25, -0.2) is 0 Å². The smallest absolute Gasteiger partial charge is 0.252 e. The molecular formula is C46H51BN4. The summed E-state index contributed by atoms with van der Waals surface area (Å²) in [6.45, 7) is 27.9. The summed E-state index contributed by atoms with van der Waals surface area (Å²) in [6.07, 6.45) is 0. The van der Waals surface area contributed by atoms with Gasteiger partial charge < -0.3 is 0 Å². The Bertz CT molecular complexity index is 2460. The molecule has 0 saturated heterocycles. The monoisotopic (exact) mass is 670 g/mol. The highest BCUT2D eigenvalue weighted by atomic mass is 15.4. The van der Waals surface area contributed by atoms with Crippen molar-refractivity contribution in [3.8, 4) is 33.6 Å². The van der Waals surface area contributed by atoms with Crippen LogP contribution in [0.4, 0.5) is 0 Å². The van der Waals surface area contributed by atoms with E-state index in [9.17, 15) is 0 Å². The van der Waals surface area contributed by atoms with Gasteiger partial charge in [-0.05, 0) is 131 Å². The van der Waals surface area contributed by atoms with Crippen LogP contribution in [0.15, 0.2) is 54.6 Å². The Hall–Kier alpha value is -4.64. The molecule has 0 spiro atoms. The van der Waals surface area contributed by atoms with Crippen molar-refractivity contribution in [1.82, 2.24) is 18.7 Å². The van der Waals surface area contributed by atoms with Gasteiger partial charge in [0.1, 0.15) is 0 Å². The van der Waals surface area contributed by atoms with E-state index in [4.69, 9.17) is 0 Å². The zero-order valence-corrected chi connectivity index (χ0v) is 33.1. The number of fused-ring (bicyclic) bond motifs is 4. The third-order valence-corrected chi connectivity index (χ3v) is 12.2. The predicted molar refractivity (Wildman–Crippen MR) is 219 cm³/mol. The average molecular weight is 671 g/mol. The molecular weight excluding hydrogens is 619 g/mol. The predicted octanol–water partition coefficient (Wildman–Crippen LogP) is 9.17.